The quantitative estimate of drug-likeness (QED) is 0.334. The molecular weight excluding hydrogens is 355 g/mol. The summed E-state index contributed by atoms with van der Waals surface area (Å²) in [5, 5.41) is 0. The Labute approximate surface area is 121 Å². The van der Waals surface area contributed by atoms with Gasteiger partial charge in [0.25, 0.3) is 0 Å². The number of halogens is 9. The molecule has 0 aliphatic rings. The lowest BCUT2D eigenvalue weighted by Gasteiger charge is -2.19. The van der Waals surface area contributed by atoms with Gasteiger partial charge >= 0.3 is 30.5 Å². The molecule has 0 radical (unpaired) electrons. The summed E-state index contributed by atoms with van der Waals surface area (Å²) in [4.78, 5) is 21.6. The second-order valence-electron chi connectivity index (χ2n) is 3.81. The first-order valence-electron chi connectivity index (χ1n) is 5.37. The van der Waals surface area contributed by atoms with E-state index in [0.717, 1.165) is 0 Å². The van der Waals surface area contributed by atoms with Crippen LogP contribution in [-0.2, 0) is 19.1 Å². The van der Waals surface area contributed by atoms with Crippen molar-refractivity contribution in [2.24, 2.45) is 0 Å². The molecule has 0 saturated carbocycles. The lowest BCUT2D eigenvalue weighted by atomic mass is 10.2. The third kappa shape index (κ3) is 10.4. The highest BCUT2D eigenvalue weighted by Gasteiger charge is 2.43. The van der Waals surface area contributed by atoms with Crippen LogP contribution in [0.4, 0.5) is 39.5 Å². The van der Waals surface area contributed by atoms with Gasteiger partial charge in [-0.3, -0.25) is 0 Å². The second-order valence-corrected chi connectivity index (χ2v) is 3.81. The van der Waals surface area contributed by atoms with E-state index >= 15 is 0 Å². The van der Waals surface area contributed by atoms with Gasteiger partial charge in [-0.2, -0.15) is 39.5 Å². The number of rotatable bonds is 4. The predicted octanol–water partition coefficient (Wildman–Crippen LogP) is 3.07. The van der Waals surface area contributed by atoms with Crippen molar-refractivity contribution in [3.05, 3.63) is 12.2 Å². The van der Waals surface area contributed by atoms with Crippen molar-refractivity contribution in [2.45, 2.75) is 31.1 Å². The molecule has 0 aromatic heterocycles. The average Bonchev–Trinajstić information content (AvgIpc) is 2.30. The first kappa shape index (κ1) is 21.0. The summed E-state index contributed by atoms with van der Waals surface area (Å²) in [6, 6.07) is 0. The average molecular weight is 362 g/mol. The molecule has 0 amide bonds. The molecule has 1 atom stereocenters. The van der Waals surface area contributed by atoms with Crippen molar-refractivity contribution in [2.75, 3.05) is 6.61 Å². The van der Waals surface area contributed by atoms with Crippen LogP contribution in [0.5, 0.6) is 0 Å². The van der Waals surface area contributed by atoms with Crippen molar-refractivity contribution in [3.8, 4) is 0 Å². The molecule has 134 valence electrons. The zero-order chi connectivity index (χ0) is 18.5. The number of carbonyl (C=O) groups is 2. The van der Waals surface area contributed by atoms with Gasteiger partial charge in [0.1, 0.15) is 0 Å². The summed E-state index contributed by atoms with van der Waals surface area (Å²) in [7, 11) is 0. The fraction of sp³-hybridized carbons (Fsp3) is 0.600. The second kappa shape index (κ2) is 7.55. The van der Waals surface area contributed by atoms with Crippen LogP contribution in [0.3, 0.4) is 0 Å². The van der Waals surface area contributed by atoms with E-state index < -0.39 is 55.7 Å². The number of allylic oxidation sites excluding steroid dienone is 1. The number of hydrogen-bond donors (Lipinski definition) is 0. The van der Waals surface area contributed by atoms with Gasteiger partial charge in [0.05, 0.1) is 0 Å². The standard InChI is InChI=1S/C10H7F9O4/c11-8(12,13)3-1-2-5(10(17,18)19)23-7(21)6(20)22-4-9(14,15)16/h1,3,5H,2,4H2/b3-1-. The molecule has 23 heavy (non-hydrogen) atoms. The summed E-state index contributed by atoms with van der Waals surface area (Å²) < 4.78 is 114. The van der Waals surface area contributed by atoms with Crippen molar-refractivity contribution in [1.29, 1.82) is 0 Å². The van der Waals surface area contributed by atoms with Gasteiger partial charge in [-0.05, 0) is 0 Å². The molecule has 0 saturated heterocycles. The molecule has 0 fully saturated rings. The Kier molecular flexibility index (Phi) is 6.91. The molecule has 0 aliphatic carbocycles. The molecule has 0 N–H and O–H groups in total. The van der Waals surface area contributed by atoms with Crippen molar-refractivity contribution in [1.82, 2.24) is 0 Å². The SMILES string of the molecule is O=C(OCC(F)(F)F)C(=O)OC(C/C=C\C(F)(F)F)C(F)(F)F. The Morgan fingerprint density at radius 1 is 0.913 bits per heavy atom. The molecule has 0 aromatic rings. The van der Waals surface area contributed by atoms with Crippen LogP contribution in [0.15, 0.2) is 12.2 Å². The van der Waals surface area contributed by atoms with Gasteiger partial charge in [-0.25, -0.2) is 9.59 Å². The monoisotopic (exact) mass is 362 g/mol. The van der Waals surface area contributed by atoms with Crippen LogP contribution >= 0.6 is 0 Å². The number of ether oxygens (including phenoxy) is 2. The van der Waals surface area contributed by atoms with Crippen molar-refractivity contribution >= 4 is 11.9 Å². The highest BCUT2D eigenvalue weighted by atomic mass is 19.4. The largest absolute Gasteiger partial charge is 0.448 e. The summed E-state index contributed by atoms with van der Waals surface area (Å²) in [6.45, 7) is -2.24. The molecule has 0 aromatic carbocycles. The van der Waals surface area contributed by atoms with Crippen LogP contribution in [0.2, 0.25) is 0 Å². The van der Waals surface area contributed by atoms with Crippen LogP contribution in [0.1, 0.15) is 6.42 Å². The van der Waals surface area contributed by atoms with Gasteiger partial charge in [0.15, 0.2) is 6.61 Å². The van der Waals surface area contributed by atoms with Crippen LogP contribution in [0, 0.1) is 0 Å². The third-order valence-corrected chi connectivity index (χ3v) is 1.80. The summed E-state index contributed by atoms with van der Waals surface area (Å²) >= 11 is 0. The van der Waals surface area contributed by atoms with E-state index in [4.69, 9.17) is 0 Å². The van der Waals surface area contributed by atoms with Crippen LogP contribution in [-0.4, -0.2) is 43.2 Å². The first-order chi connectivity index (χ1) is 10.1. The molecule has 4 nitrogen and oxygen atoms in total. The van der Waals surface area contributed by atoms with Gasteiger partial charge in [0.2, 0.25) is 6.10 Å². The number of alkyl halides is 9. The fourth-order valence-electron chi connectivity index (χ4n) is 0.957. The van der Waals surface area contributed by atoms with Crippen molar-refractivity contribution in [3.63, 3.8) is 0 Å². The van der Waals surface area contributed by atoms with E-state index in [0.29, 0.717) is 0 Å². The third-order valence-electron chi connectivity index (χ3n) is 1.80. The van der Waals surface area contributed by atoms with Gasteiger partial charge in [-0.15, -0.1) is 0 Å². The minimum atomic E-state index is -5.35. The highest BCUT2D eigenvalue weighted by Crippen LogP contribution is 2.27. The Morgan fingerprint density at radius 3 is 1.83 bits per heavy atom. The van der Waals surface area contributed by atoms with Gasteiger partial charge < -0.3 is 9.47 Å². The normalized spacial score (nSPS) is 14.7. The summed E-state index contributed by atoms with van der Waals surface area (Å²) in [5.41, 5.74) is 0. The topological polar surface area (TPSA) is 52.6 Å². The first-order valence-corrected chi connectivity index (χ1v) is 5.37. The lowest BCUT2D eigenvalue weighted by Crippen LogP contribution is -2.37. The van der Waals surface area contributed by atoms with Crippen LogP contribution in [0.25, 0.3) is 0 Å². The minimum Gasteiger partial charge on any atom is -0.448 e. The number of carbonyl (C=O) groups excluding carboxylic acids is 2. The van der Waals surface area contributed by atoms with E-state index in [-0.39, 0.29) is 6.08 Å². The Hall–Kier alpha value is -1.95. The van der Waals surface area contributed by atoms with Gasteiger partial charge in [0, 0.05) is 12.5 Å². The van der Waals surface area contributed by atoms with Gasteiger partial charge in [-0.1, -0.05) is 6.08 Å². The molecule has 0 bridgehead atoms. The number of hydrogen-bond acceptors (Lipinski definition) is 4. The van der Waals surface area contributed by atoms with Crippen LogP contribution < -0.4 is 0 Å². The maximum Gasteiger partial charge on any atom is 0.425 e. The molecule has 1 unspecified atom stereocenters. The molecule has 0 rings (SSSR count). The summed E-state index contributed by atoms with van der Waals surface area (Å²) in [5.74, 6) is -4.78. The maximum absolute atomic E-state index is 12.4. The zero-order valence-electron chi connectivity index (χ0n) is 10.7. The maximum atomic E-state index is 12.4. The van der Waals surface area contributed by atoms with E-state index in [9.17, 15) is 49.1 Å². The van der Waals surface area contributed by atoms with E-state index in [1.807, 2.05) is 0 Å². The Bertz CT molecular complexity index is 447. The fourth-order valence-corrected chi connectivity index (χ4v) is 0.957. The number of esters is 2. The van der Waals surface area contributed by atoms with E-state index in [1.165, 1.54) is 0 Å². The minimum absolute atomic E-state index is 0.0213. The van der Waals surface area contributed by atoms with E-state index in [2.05, 4.69) is 9.47 Å². The lowest BCUT2D eigenvalue weighted by molar-refractivity contribution is -0.224. The molecule has 0 heterocycles. The smallest absolute Gasteiger partial charge is 0.425 e. The molecule has 0 aliphatic heterocycles. The highest BCUT2D eigenvalue weighted by molar-refractivity contribution is 6.29. The molecular formula is C10H7F9O4. The predicted molar refractivity (Wildman–Crippen MR) is 52.8 cm³/mol. The van der Waals surface area contributed by atoms with E-state index in [1.54, 1.807) is 0 Å². The summed E-state index contributed by atoms with van der Waals surface area (Å²) in [6.07, 6.45) is -20.6. The molecule has 13 heteroatoms. The Balaban J connectivity index is 4.75. The zero-order valence-corrected chi connectivity index (χ0v) is 10.7. The van der Waals surface area contributed by atoms with Crippen molar-refractivity contribution < 1.29 is 58.6 Å². The Morgan fingerprint density at radius 2 is 1.43 bits per heavy atom. The molecule has 0 spiro atoms.